The molecule has 0 bridgehead atoms. The molecule has 0 saturated heterocycles. The molecular formula is C15H15F2NO. The summed E-state index contributed by atoms with van der Waals surface area (Å²) in [5, 5.41) is 0. The molecule has 19 heavy (non-hydrogen) atoms. The fraction of sp³-hybridized carbons (Fsp3) is 0.200. The third kappa shape index (κ3) is 3.76. The minimum atomic E-state index is -0.596. The van der Waals surface area contributed by atoms with Gasteiger partial charge in [0.05, 0.1) is 0 Å². The quantitative estimate of drug-likeness (QED) is 0.913. The fourth-order valence-corrected chi connectivity index (χ4v) is 1.75. The Morgan fingerprint density at radius 3 is 2.42 bits per heavy atom. The molecule has 0 radical (unpaired) electrons. The van der Waals surface area contributed by atoms with Crippen molar-refractivity contribution in [2.45, 2.75) is 19.4 Å². The average molecular weight is 263 g/mol. The number of hydrogen-bond donors (Lipinski definition) is 1. The molecule has 0 saturated carbocycles. The van der Waals surface area contributed by atoms with Crippen molar-refractivity contribution >= 4 is 0 Å². The monoisotopic (exact) mass is 263 g/mol. The molecule has 2 rings (SSSR count). The Labute approximate surface area is 110 Å². The summed E-state index contributed by atoms with van der Waals surface area (Å²) in [6, 6.07) is 10.3. The first-order chi connectivity index (χ1) is 9.04. The number of halogens is 2. The number of hydrogen-bond acceptors (Lipinski definition) is 2. The van der Waals surface area contributed by atoms with Gasteiger partial charge >= 0.3 is 0 Å². The summed E-state index contributed by atoms with van der Waals surface area (Å²) in [6.07, 6.45) is 0.759. The zero-order valence-corrected chi connectivity index (χ0v) is 10.6. The summed E-state index contributed by atoms with van der Waals surface area (Å²) in [6.45, 7) is 1.92. The topological polar surface area (TPSA) is 35.2 Å². The predicted molar refractivity (Wildman–Crippen MR) is 70.2 cm³/mol. The van der Waals surface area contributed by atoms with Gasteiger partial charge in [0.15, 0.2) is 11.6 Å². The van der Waals surface area contributed by atoms with Gasteiger partial charge < -0.3 is 10.5 Å². The number of rotatable bonds is 4. The average Bonchev–Trinajstić information content (AvgIpc) is 2.35. The lowest BCUT2D eigenvalue weighted by Crippen LogP contribution is -2.17. The third-order valence-electron chi connectivity index (χ3n) is 2.60. The summed E-state index contributed by atoms with van der Waals surface area (Å²) in [7, 11) is 0. The van der Waals surface area contributed by atoms with Gasteiger partial charge in [0.25, 0.3) is 0 Å². The molecule has 0 fully saturated rings. The van der Waals surface area contributed by atoms with Crippen molar-refractivity contribution in [3.8, 4) is 11.5 Å². The first-order valence-corrected chi connectivity index (χ1v) is 6.02. The molecule has 0 spiro atoms. The van der Waals surface area contributed by atoms with E-state index in [1.807, 2.05) is 19.1 Å². The van der Waals surface area contributed by atoms with Gasteiger partial charge in [0, 0.05) is 12.1 Å². The number of nitrogens with two attached hydrogens (primary N) is 1. The van der Waals surface area contributed by atoms with Crippen LogP contribution in [0.4, 0.5) is 8.78 Å². The molecular weight excluding hydrogens is 248 g/mol. The molecule has 1 unspecified atom stereocenters. The van der Waals surface area contributed by atoms with Crippen LogP contribution in [-0.4, -0.2) is 6.04 Å². The second kappa shape index (κ2) is 5.80. The molecule has 2 aromatic carbocycles. The van der Waals surface area contributed by atoms with Gasteiger partial charge in [-0.1, -0.05) is 12.1 Å². The van der Waals surface area contributed by atoms with E-state index in [4.69, 9.17) is 10.5 Å². The highest BCUT2D eigenvalue weighted by atomic mass is 19.1. The standard InChI is InChI=1S/C15H15F2NO/c1-10(18)8-11-2-5-13(6-3-11)19-15-9-12(16)4-7-14(15)17/h2-7,9-10H,8,18H2,1H3. The molecule has 1 atom stereocenters. The minimum absolute atomic E-state index is 0.0763. The number of ether oxygens (including phenoxy) is 1. The van der Waals surface area contributed by atoms with Crippen LogP contribution in [0.5, 0.6) is 11.5 Å². The van der Waals surface area contributed by atoms with Crippen molar-refractivity contribution in [2.24, 2.45) is 5.73 Å². The summed E-state index contributed by atoms with van der Waals surface area (Å²) in [4.78, 5) is 0. The second-order valence-corrected chi connectivity index (χ2v) is 4.50. The van der Waals surface area contributed by atoms with E-state index in [0.29, 0.717) is 5.75 Å². The largest absolute Gasteiger partial charge is 0.454 e. The highest BCUT2D eigenvalue weighted by molar-refractivity contribution is 5.34. The third-order valence-corrected chi connectivity index (χ3v) is 2.60. The van der Waals surface area contributed by atoms with Gasteiger partial charge in [-0.25, -0.2) is 8.78 Å². The Bertz CT molecular complexity index is 553. The summed E-state index contributed by atoms with van der Waals surface area (Å²) >= 11 is 0. The Kier molecular flexibility index (Phi) is 4.12. The lowest BCUT2D eigenvalue weighted by Gasteiger charge is -2.09. The van der Waals surface area contributed by atoms with E-state index in [2.05, 4.69) is 0 Å². The highest BCUT2D eigenvalue weighted by Gasteiger charge is 2.06. The van der Waals surface area contributed by atoms with Crippen molar-refractivity contribution in [2.75, 3.05) is 0 Å². The van der Waals surface area contributed by atoms with E-state index in [9.17, 15) is 8.78 Å². The van der Waals surface area contributed by atoms with Gasteiger partial charge in [0.1, 0.15) is 11.6 Å². The van der Waals surface area contributed by atoms with Crippen LogP contribution in [0.2, 0.25) is 0 Å². The summed E-state index contributed by atoms with van der Waals surface area (Å²) < 4.78 is 31.7. The van der Waals surface area contributed by atoms with Gasteiger partial charge in [-0.2, -0.15) is 0 Å². The van der Waals surface area contributed by atoms with E-state index in [1.54, 1.807) is 12.1 Å². The van der Waals surface area contributed by atoms with Gasteiger partial charge in [-0.15, -0.1) is 0 Å². The van der Waals surface area contributed by atoms with Crippen LogP contribution in [-0.2, 0) is 6.42 Å². The lowest BCUT2D eigenvalue weighted by molar-refractivity contribution is 0.436. The van der Waals surface area contributed by atoms with Crippen molar-refractivity contribution < 1.29 is 13.5 Å². The Hall–Kier alpha value is -1.94. The zero-order chi connectivity index (χ0) is 13.8. The fourth-order valence-electron chi connectivity index (χ4n) is 1.75. The number of benzene rings is 2. The molecule has 100 valence electrons. The van der Waals surface area contributed by atoms with Crippen LogP contribution in [0, 0.1) is 11.6 Å². The van der Waals surface area contributed by atoms with Crippen molar-refractivity contribution in [3.63, 3.8) is 0 Å². The Morgan fingerprint density at radius 2 is 1.79 bits per heavy atom. The Balaban J connectivity index is 2.13. The maximum Gasteiger partial charge on any atom is 0.165 e. The minimum Gasteiger partial charge on any atom is -0.454 e. The zero-order valence-electron chi connectivity index (χ0n) is 10.6. The van der Waals surface area contributed by atoms with Crippen LogP contribution >= 0.6 is 0 Å². The van der Waals surface area contributed by atoms with Crippen LogP contribution in [0.3, 0.4) is 0 Å². The molecule has 2 nitrogen and oxygen atoms in total. The first kappa shape index (κ1) is 13.5. The van der Waals surface area contributed by atoms with Gasteiger partial charge in [0.2, 0.25) is 0 Å². The van der Waals surface area contributed by atoms with E-state index in [1.165, 1.54) is 0 Å². The van der Waals surface area contributed by atoms with Crippen LogP contribution < -0.4 is 10.5 Å². The normalized spacial score (nSPS) is 12.2. The van der Waals surface area contributed by atoms with Gasteiger partial charge in [-0.05, 0) is 43.2 Å². The molecule has 2 aromatic rings. The second-order valence-electron chi connectivity index (χ2n) is 4.50. The lowest BCUT2D eigenvalue weighted by atomic mass is 10.1. The summed E-state index contributed by atoms with van der Waals surface area (Å²) in [5.41, 5.74) is 6.77. The molecule has 0 heterocycles. The van der Waals surface area contributed by atoms with Crippen molar-refractivity contribution in [1.29, 1.82) is 0 Å². The van der Waals surface area contributed by atoms with Crippen molar-refractivity contribution in [1.82, 2.24) is 0 Å². The molecule has 2 N–H and O–H groups in total. The van der Waals surface area contributed by atoms with E-state index in [0.717, 1.165) is 30.2 Å². The van der Waals surface area contributed by atoms with Crippen LogP contribution in [0.25, 0.3) is 0 Å². The SMILES string of the molecule is CC(N)Cc1ccc(Oc2cc(F)ccc2F)cc1. The maximum atomic E-state index is 13.4. The maximum absolute atomic E-state index is 13.4. The van der Waals surface area contributed by atoms with Crippen molar-refractivity contribution in [3.05, 3.63) is 59.7 Å². The molecule has 0 aromatic heterocycles. The molecule has 0 aliphatic carbocycles. The Morgan fingerprint density at radius 1 is 1.11 bits per heavy atom. The smallest absolute Gasteiger partial charge is 0.165 e. The molecule has 4 heteroatoms. The molecule has 0 amide bonds. The van der Waals surface area contributed by atoms with Crippen LogP contribution in [0.1, 0.15) is 12.5 Å². The highest BCUT2D eigenvalue weighted by Crippen LogP contribution is 2.25. The van der Waals surface area contributed by atoms with Crippen LogP contribution in [0.15, 0.2) is 42.5 Å². The molecule has 0 aliphatic rings. The van der Waals surface area contributed by atoms with E-state index < -0.39 is 11.6 Å². The van der Waals surface area contributed by atoms with E-state index >= 15 is 0 Å². The predicted octanol–water partition coefficient (Wildman–Crippen LogP) is 3.65. The van der Waals surface area contributed by atoms with Gasteiger partial charge in [-0.3, -0.25) is 0 Å². The van der Waals surface area contributed by atoms with E-state index in [-0.39, 0.29) is 11.8 Å². The summed E-state index contributed by atoms with van der Waals surface area (Å²) in [5.74, 6) is -0.802. The molecule has 0 aliphatic heterocycles. The first-order valence-electron chi connectivity index (χ1n) is 6.02.